The second-order valence-electron chi connectivity index (χ2n) is 8.48. The van der Waals surface area contributed by atoms with E-state index in [2.05, 4.69) is 46.1 Å². The van der Waals surface area contributed by atoms with Crippen LogP contribution in [0.5, 0.6) is 0 Å². The fraction of sp³-hybridized carbons (Fsp3) is 1.00. The molecule has 1 heterocycles. The lowest BCUT2D eigenvalue weighted by Gasteiger charge is -2.38. The second kappa shape index (κ2) is 6.91. The van der Waals surface area contributed by atoms with Gasteiger partial charge in [-0.3, -0.25) is 0 Å². The van der Waals surface area contributed by atoms with Crippen molar-refractivity contribution in [2.24, 2.45) is 11.8 Å². The highest BCUT2D eigenvalue weighted by atomic mass is 32.2. The van der Waals surface area contributed by atoms with E-state index in [4.69, 9.17) is 4.43 Å². The molecular weight excluding hydrogens is 314 g/mol. The smallest absolute Gasteiger partial charge is 0.192 e. The highest BCUT2D eigenvalue weighted by Gasteiger charge is 2.41. The third-order valence-electron chi connectivity index (χ3n) is 5.92. The maximum atomic E-state index is 11.8. The van der Waals surface area contributed by atoms with Crippen molar-refractivity contribution >= 4 is 18.2 Å². The molecule has 1 N–H and O–H groups in total. The van der Waals surface area contributed by atoms with Crippen LogP contribution in [0.4, 0.5) is 0 Å². The molecule has 0 radical (unpaired) electrons. The first-order chi connectivity index (χ1) is 9.77. The third kappa shape index (κ3) is 4.79. The van der Waals surface area contributed by atoms with Gasteiger partial charge >= 0.3 is 0 Å². The van der Waals surface area contributed by atoms with E-state index in [1.165, 1.54) is 6.26 Å². The van der Waals surface area contributed by atoms with Crippen molar-refractivity contribution in [1.82, 2.24) is 5.32 Å². The van der Waals surface area contributed by atoms with E-state index in [9.17, 15) is 8.42 Å². The summed E-state index contributed by atoms with van der Waals surface area (Å²) in [7, 11) is -4.75. The molecule has 0 aromatic carbocycles. The van der Waals surface area contributed by atoms with E-state index >= 15 is 0 Å². The molecule has 1 saturated heterocycles. The number of hydrogen-bond donors (Lipinski definition) is 1. The summed E-state index contributed by atoms with van der Waals surface area (Å²) in [4.78, 5) is 0. The summed E-state index contributed by atoms with van der Waals surface area (Å²) in [5.74, 6) is 0.521. The molecule has 132 valence electrons. The average Bonchev–Trinajstić information content (AvgIpc) is 2.80. The molecule has 1 aliphatic heterocycles. The summed E-state index contributed by atoms with van der Waals surface area (Å²) in [5, 5.41) is 3.42. The molecule has 0 aromatic rings. The van der Waals surface area contributed by atoms with Crippen LogP contribution in [-0.4, -0.2) is 47.4 Å². The lowest BCUT2D eigenvalue weighted by Crippen LogP contribution is -2.46. The minimum absolute atomic E-state index is 0.151. The first-order valence-corrected chi connectivity index (χ1v) is 13.2. The van der Waals surface area contributed by atoms with Crippen molar-refractivity contribution < 1.29 is 12.8 Å². The maximum absolute atomic E-state index is 11.8. The lowest BCUT2D eigenvalue weighted by atomic mass is 9.86. The predicted molar refractivity (Wildman–Crippen MR) is 96.5 cm³/mol. The van der Waals surface area contributed by atoms with Crippen LogP contribution in [0, 0.1) is 11.8 Å². The monoisotopic (exact) mass is 349 g/mol. The topological polar surface area (TPSA) is 55.4 Å². The number of sulfone groups is 1. The Morgan fingerprint density at radius 1 is 1.27 bits per heavy atom. The zero-order valence-corrected chi connectivity index (χ0v) is 17.4. The first-order valence-electron chi connectivity index (χ1n) is 8.33. The predicted octanol–water partition coefficient (Wildman–Crippen LogP) is 3.06. The number of hydrogen-bond acceptors (Lipinski definition) is 4. The Kier molecular flexibility index (Phi) is 6.32. The molecule has 6 heteroatoms. The molecule has 1 fully saturated rings. The van der Waals surface area contributed by atoms with Crippen LogP contribution >= 0.6 is 0 Å². The molecule has 22 heavy (non-hydrogen) atoms. The highest BCUT2D eigenvalue weighted by molar-refractivity contribution is 7.91. The van der Waals surface area contributed by atoms with Gasteiger partial charge in [0.25, 0.3) is 0 Å². The van der Waals surface area contributed by atoms with Crippen molar-refractivity contribution in [2.75, 3.05) is 19.4 Å². The second-order valence-corrected chi connectivity index (χ2v) is 15.7. The average molecular weight is 350 g/mol. The Balaban J connectivity index is 2.72. The number of rotatable bonds is 6. The van der Waals surface area contributed by atoms with E-state index in [1.54, 1.807) is 0 Å². The van der Waals surface area contributed by atoms with Crippen molar-refractivity contribution in [1.29, 1.82) is 0 Å². The Hall–Kier alpha value is 0.0869. The standard InChI is InChI=1S/C16H35NO3SSi/c1-12(13(2)21(6,18)19)14-9-10-17-15(14)11-20-22(7,8)16(3,4)5/h12-15,17H,9-11H2,1-8H3/t12?,13?,14-,15+/m1/s1. The van der Waals surface area contributed by atoms with Gasteiger partial charge in [0, 0.05) is 18.9 Å². The van der Waals surface area contributed by atoms with Crippen molar-refractivity contribution in [2.45, 2.75) is 70.5 Å². The third-order valence-corrected chi connectivity index (χ3v) is 12.2. The summed E-state index contributed by atoms with van der Waals surface area (Å²) in [6.07, 6.45) is 2.38. The van der Waals surface area contributed by atoms with E-state index in [-0.39, 0.29) is 22.2 Å². The first kappa shape index (κ1) is 20.1. The van der Waals surface area contributed by atoms with Gasteiger partial charge in [0.15, 0.2) is 8.32 Å². The maximum Gasteiger partial charge on any atom is 0.192 e. The lowest BCUT2D eigenvalue weighted by molar-refractivity contribution is 0.200. The van der Waals surface area contributed by atoms with Gasteiger partial charge in [0.1, 0.15) is 9.84 Å². The van der Waals surface area contributed by atoms with Gasteiger partial charge in [0.05, 0.1) is 5.25 Å². The van der Waals surface area contributed by atoms with Crippen molar-refractivity contribution in [3.8, 4) is 0 Å². The summed E-state index contributed by atoms with van der Waals surface area (Å²) in [6, 6.07) is 0.272. The van der Waals surface area contributed by atoms with Gasteiger partial charge in [-0.1, -0.05) is 27.7 Å². The summed E-state index contributed by atoms with van der Waals surface area (Å²) in [5.41, 5.74) is 0. The van der Waals surface area contributed by atoms with Gasteiger partial charge in [-0.05, 0) is 49.9 Å². The molecular formula is C16H35NO3SSi. The Bertz CT molecular complexity index is 470. The molecule has 1 aliphatic rings. The molecule has 4 atom stereocenters. The molecule has 4 nitrogen and oxygen atoms in total. The van der Waals surface area contributed by atoms with Crippen LogP contribution < -0.4 is 5.32 Å². The van der Waals surface area contributed by atoms with Crippen LogP contribution in [0.1, 0.15) is 41.0 Å². The van der Waals surface area contributed by atoms with E-state index in [0.717, 1.165) is 13.0 Å². The SMILES string of the molecule is CC(C(C)S(C)(=O)=O)[C@H]1CCN[C@H]1CO[Si](C)(C)C(C)(C)C. The van der Waals surface area contributed by atoms with Gasteiger partial charge in [0.2, 0.25) is 0 Å². The molecule has 0 spiro atoms. The zero-order chi connectivity index (χ0) is 17.3. The molecule has 0 aliphatic carbocycles. The minimum atomic E-state index is -2.99. The summed E-state index contributed by atoms with van der Waals surface area (Å²) < 4.78 is 30.0. The van der Waals surface area contributed by atoms with E-state index in [0.29, 0.717) is 12.5 Å². The largest absolute Gasteiger partial charge is 0.415 e. The fourth-order valence-electron chi connectivity index (χ4n) is 2.85. The minimum Gasteiger partial charge on any atom is -0.415 e. The molecule has 0 bridgehead atoms. The van der Waals surface area contributed by atoms with Crippen LogP contribution in [0.25, 0.3) is 0 Å². The van der Waals surface area contributed by atoms with E-state index in [1.807, 2.05) is 6.92 Å². The molecule has 1 rings (SSSR count). The molecule has 0 amide bonds. The summed E-state index contributed by atoms with van der Waals surface area (Å²) >= 11 is 0. The van der Waals surface area contributed by atoms with Crippen LogP contribution in [0.2, 0.25) is 18.1 Å². The normalized spacial score (nSPS) is 26.9. The zero-order valence-electron chi connectivity index (χ0n) is 15.6. The Morgan fingerprint density at radius 2 is 1.82 bits per heavy atom. The molecule has 0 aromatic heterocycles. The van der Waals surface area contributed by atoms with Crippen molar-refractivity contribution in [3.63, 3.8) is 0 Å². The van der Waals surface area contributed by atoms with Gasteiger partial charge in [-0.2, -0.15) is 0 Å². The van der Waals surface area contributed by atoms with Gasteiger partial charge in [-0.25, -0.2) is 8.42 Å². The van der Waals surface area contributed by atoms with Crippen LogP contribution in [0.3, 0.4) is 0 Å². The number of nitrogens with one attached hydrogen (secondary N) is 1. The fourth-order valence-corrected chi connectivity index (χ4v) is 4.86. The van der Waals surface area contributed by atoms with Gasteiger partial charge in [-0.15, -0.1) is 0 Å². The Labute approximate surface area is 138 Å². The Morgan fingerprint density at radius 3 is 2.27 bits per heavy atom. The molecule has 2 unspecified atom stereocenters. The van der Waals surface area contributed by atoms with Gasteiger partial charge < -0.3 is 9.74 Å². The van der Waals surface area contributed by atoms with Crippen LogP contribution in [0.15, 0.2) is 0 Å². The van der Waals surface area contributed by atoms with E-state index < -0.39 is 18.2 Å². The molecule has 0 saturated carbocycles. The van der Waals surface area contributed by atoms with Crippen molar-refractivity contribution in [3.05, 3.63) is 0 Å². The summed E-state index contributed by atoms with van der Waals surface area (Å²) in [6.45, 7) is 16.8. The quantitative estimate of drug-likeness (QED) is 0.749. The van der Waals surface area contributed by atoms with Crippen LogP contribution in [-0.2, 0) is 14.3 Å². The highest BCUT2D eigenvalue weighted by Crippen LogP contribution is 2.37.